The minimum Gasteiger partial charge on any atom is -0.444 e. The third-order valence-electron chi connectivity index (χ3n) is 4.95. The molecular weight excluding hydrogens is 382 g/mol. The third kappa shape index (κ3) is 5.72. The average molecular weight is 412 g/mol. The van der Waals surface area contributed by atoms with E-state index in [2.05, 4.69) is 5.32 Å². The van der Waals surface area contributed by atoms with Crippen LogP contribution in [0, 0.1) is 0 Å². The number of hydrogen-bond donors (Lipinski definition) is 1. The standard InChI is InChI=1S/C23H29N3O4/c1-23(2,3)30-22(29)26-13-11-25(12-14-26)21(28)16-24-20(27)15-18-9-6-8-17-7-4-5-10-19(17)18/h4-10H,11-16H2,1-3H3,(H,24,27). The number of benzene rings is 2. The predicted octanol–water partition coefficient (Wildman–Crippen LogP) is 2.58. The topological polar surface area (TPSA) is 79.0 Å². The van der Waals surface area contributed by atoms with Gasteiger partial charge in [0.05, 0.1) is 13.0 Å². The van der Waals surface area contributed by atoms with E-state index in [9.17, 15) is 14.4 Å². The van der Waals surface area contributed by atoms with Crippen LogP contribution in [0.25, 0.3) is 10.8 Å². The van der Waals surface area contributed by atoms with Crippen LogP contribution in [0.3, 0.4) is 0 Å². The summed E-state index contributed by atoms with van der Waals surface area (Å²) in [7, 11) is 0. The van der Waals surface area contributed by atoms with Crippen molar-refractivity contribution in [2.75, 3.05) is 32.7 Å². The fourth-order valence-corrected chi connectivity index (χ4v) is 3.43. The van der Waals surface area contributed by atoms with Crippen LogP contribution in [-0.2, 0) is 20.7 Å². The second-order valence-electron chi connectivity index (χ2n) is 8.44. The Morgan fingerprint density at radius 3 is 2.27 bits per heavy atom. The molecule has 160 valence electrons. The van der Waals surface area contributed by atoms with Gasteiger partial charge in [-0.15, -0.1) is 0 Å². The van der Waals surface area contributed by atoms with Crippen molar-refractivity contribution in [2.45, 2.75) is 32.8 Å². The largest absolute Gasteiger partial charge is 0.444 e. The first-order valence-corrected chi connectivity index (χ1v) is 10.2. The molecule has 0 aromatic heterocycles. The fourth-order valence-electron chi connectivity index (χ4n) is 3.43. The summed E-state index contributed by atoms with van der Waals surface area (Å²) in [6.07, 6.45) is -0.140. The molecule has 0 spiro atoms. The van der Waals surface area contributed by atoms with Crippen LogP contribution in [0.15, 0.2) is 42.5 Å². The van der Waals surface area contributed by atoms with E-state index in [1.54, 1.807) is 9.80 Å². The molecule has 0 aliphatic carbocycles. The first-order valence-electron chi connectivity index (χ1n) is 10.2. The molecule has 1 fully saturated rings. The van der Waals surface area contributed by atoms with Gasteiger partial charge in [-0.2, -0.15) is 0 Å². The Morgan fingerprint density at radius 1 is 0.933 bits per heavy atom. The lowest BCUT2D eigenvalue weighted by Crippen LogP contribution is -2.53. The quantitative estimate of drug-likeness (QED) is 0.839. The lowest BCUT2D eigenvalue weighted by Gasteiger charge is -2.35. The number of nitrogens with zero attached hydrogens (tertiary/aromatic N) is 2. The van der Waals surface area contributed by atoms with Gasteiger partial charge in [-0.3, -0.25) is 9.59 Å². The van der Waals surface area contributed by atoms with Gasteiger partial charge in [0, 0.05) is 26.2 Å². The minimum absolute atomic E-state index is 0.0456. The Bertz CT molecular complexity index is 922. The lowest BCUT2D eigenvalue weighted by atomic mass is 10.0. The average Bonchev–Trinajstić information content (AvgIpc) is 2.71. The van der Waals surface area contributed by atoms with E-state index < -0.39 is 5.60 Å². The molecule has 1 aliphatic heterocycles. The first kappa shape index (κ1) is 21.6. The number of carbonyl (C=O) groups is 3. The van der Waals surface area contributed by atoms with Crippen molar-refractivity contribution in [3.63, 3.8) is 0 Å². The fraction of sp³-hybridized carbons (Fsp3) is 0.435. The van der Waals surface area contributed by atoms with Crippen LogP contribution in [0.5, 0.6) is 0 Å². The van der Waals surface area contributed by atoms with Crippen molar-refractivity contribution in [1.29, 1.82) is 0 Å². The molecule has 0 atom stereocenters. The van der Waals surface area contributed by atoms with Gasteiger partial charge in [0.1, 0.15) is 5.60 Å². The Labute approximate surface area is 177 Å². The zero-order chi connectivity index (χ0) is 21.7. The summed E-state index contributed by atoms with van der Waals surface area (Å²) in [5.74, 6) is -0.336. The molecule has 7 heteroatoms. The van der Waals surface area contributed by atoms with Crippen molar-refractivity contribution < 1.29 is 19.1 Å². The molecular formula is C23H29N3O4. The number of piperazine rings is 1. The van der Waals surface area contributed by atoms with Gasteiger partial charge in [0.15, 0.2) is 0 Å². The number of amides is 3. The Hall–Kier alpha value is -3.09. The molecule has 0 unspecified atom stereocenters. The SMILES string of the molecule is CC(C)(C)OC(=O)N1CCN(C(=O)CNC(=O)Cc2cccc3ccccc23)CC1. The highest BCUT2D eigenvalue weighted by Gasteiger charge is 2.27. The number of rotatable bonds is 4. The summed E-state index contributed by atoms with van der Waals surface area (Å²) in [4.78, 5) is 40.2. The Kier molecular flexibility index (Phi) is 6.59. The van der Waals surface area contributed by atoms with Crippen molar-refractivity contribution in [3.05, 3.63) is 48.0 Å². The van der Waals surface area contributed by atoms with Crippen molar-refractivity contribution >= 4 is 28.7 Å². The van der Waals surface area contributed by atoms with E-state index in [1.807, 2.05) is 63.2 Å². The van der Waals surface area contributed by atoms with Crippen molar-refractivity contribution in [3.8, 4) is 0 Å². The van der Waals surface area contributed by atoms with Gasteiger partial charge in [-0.05, 0) is 37.1 Å². The van der Waals surface area contributed by atoms with Gasteiger partial charge in [0.25, 0.3) is 0 Å². The highest BCUT2D eigenvalue weighted by Crippen LogP contribution is 2.18. The maximum atomic E-state index is 12.4. The number of hydrogen-bond acceptors (Lipinski definition) is 4. The second-order valence-corrected chi connectivity index (χ2v) is 8.44. The molecule has 1 aliphatic rings. The second kappa shape index (κ2) is 9.15. The van der Waals surface area contributed by atoms with Gasteiger partial charge in [-0.1, -0.05) is 42.5 Å². The number of fused-ring (bicyclic) bond motifs is 1. The van der Waals surface area contributed by atoms with E-state index in [4.69, 9.17) is 4.74 Å². The predicted molar refractivity (Wildman–Crippen MR) is 115 cm³/mol. The normalized spacial score (nSPS) is 14.5. The molecule has 2 aromatic carbocycles. The van der Waals surface area contributed by atoms with Crippen LogP contribution in [0.4, 0.5) is 4.79 Å². The summed E-state index contributed by atoms with van der Waals surface area (Å²) in [6, 6.07) is 13.8. The summed E-state index contributed by atoms with van der Waals surface area (Å²) < 4.78 is 5.37. The van der Waals surface area contributed by atoms with Crippen LogP contribution >= 0.6 is 0 Å². The van der Waals surface area contributed by atoms with Crippen LogP contribution in [0.1, 0.15) is 26.3 Å². The van der Waals surface area contributed by atoms with Gasteiger partial charge in [0.2, 0.25) is 11.8 Å². The van der Waals surface area contributed by atoms with E-state index in [1.165, 1.54) is 0 Å². The molecule has 1 N–H and O–H groups in total. The Morgan fingerprint density at radius 2 is 1.57 bits per heavy atom. The first-order chi connectivity index (χ1) is 14.2. The van der Waals surface area contributed by atoms with Gasteiger partial charge < -0.3 is 19.9 Å². The van der Waals surface area contributed by atoms with E-state index in [0.29, 0.717) is 26.2 Å². The summed E-state index contributed by atoms with van der Waals surface area (Å²) >= 11 is 0. The summed E-state index contributed by atoms with van der Waals surface area (Å²) in [6.45, 7) is 7.13. The molecule has 30 heavy (non-hydrogen) atoms. The number of carbonyl (C=O) groups excluding carboxylic acids is 3. The van der Waals surface area contributed by atoms with E-state index >= 15 is 0 Å². The smallest absolute Gasteiger partial charge is 0.410 e. The van der Waals surface area contributed by atoms with Crippen molar-refractivity contribution in [2.24, 2.45) is 0 Å². The monoisotopic (exact) mass is 411 g/mol. The molecule has 1 saturated heterocycles. The highest BCUT2D eigenvalue weighted by atomic mass is 16.6. The lowest BCUT2D eigenvalue weighted by molar-refractivity contribution is -0.134. The third-order valence-corrected chi connectivity index (χ3v) is 4.95. The van der Waals surface area contributed by atoms with E-state index in [-0.39, 0.29) is 30.9 Å². The summed E-state index contributed by atoms with van der Waals surface area (Å²) in [5, 5.41) is 4.85. The minimum atomic E-state index is -0.543. The van der Waals surface area contributed by atoms with Gasteiger partial charge >= 0.3 is 6.09 Å². The molecule has 3 amide bonds. The summed E-state index contributed by atoms with van der Waals surface area (Å²) in [5.41, 5.74) is 0.391. The number of ether oxygens (including phenoxy) is 1. The number of nitrogens with one attached hydrogen (secondary N) is 1. The molecule has 0 saturated carbocycles. The van der Waals surface area contributed by atoms with E-state index in [0.717, 1.165) is 16.3 Å². The van der Waals surface area contributed by atoms with Crippen molar-refractivity contribution in [1.82, 2.24) is 15.1 Å². The molecule has 2 aromatic rings. The Balaban J connectivity index is 1.46. The van der Waals surface area contributed by atoms with Crippen LogP contribution in [-0.4, -0.2) is 66.0 Å². The maximum absolute atomic E-state index is 12.4. The molecule has 0 bridgehead atoms. The maximum Gasteiger partial charge on any atom is 0.410 e. The molecule has 1 heterocycles. The van der Waals surface area contributed by atoms with Crippen LogP contribution in [0.2, 0.25) is 0 Å². The molecule has 0 radical (unpaired) electrons. The van der Waals surface area contributed by atoms with Gasteiger partial charge in [-0.25, -0.2) is 4.79 Å². The zero-order valence-corrected chi connectivity index (χ0v) is 17.8. The van der Waals surface area contributed by atoms with Crippen LogP contribution < -0.4 is 5.32 Å². The molecule has 3 rings (SSSR count). The highest BCUT2D eigenvalue weighted by molar-refractivity contribution is 5.91. The molecule has 7 nitrogen and oxygen atoms in total. The zero-order valence-electron chi connectivity index (χ0n) is 17.8.